The fraction of sp³-hybridized carbons (Fsp3) is 0.238. The number of carboxylic acids is 1. The van der Waals surface area contributed by atoms with Crippen LogP contribution in [0.3, 0.4) is 0 Å². The summed E-state index contributed by atoms with van der Waals surface area (Å²) in [7, 11) is 0. The highest BCUT2D eigenvalue weighted by Crippen LogP contribution is 2.40. The van der Waals surface area contributed by atoms with Crippen LogP contribution in [0.2, 0.25) is 0 Å². The second-order valence-electron chi connectivity index (χ2n) is 12.9. The Morgan fingerprint density at radius 1 is 0.833 bits per heavy atom. The minimum atomic E-state index is -1.03. The van der Waals surface area contributed by atoms with Crippen LogP contribution < -0.4 is 16.4 Å². The lowest BCUT2D eigenvalue weighted by molar-refractivity contribution is -0.245. The van der Waals surface area contributed by atoms with Gasteiger partial charge < -0.3 is 36.1 Å². The number of nitrogens with one attached hydrogen (secondary N) is 2. The van der Waals surface area contributed by atoms with Crippen molar-refractivity contribution < 1.29 is 34.1 Å². The summed E-state index contributed by atoms with van der Waals surface area (Å²) >= 11 is 1.34. The van der Waals surface area contributed by atoms with Crippen molar-refractivity contribution in [1.82, 2.24) is 10.3 Å². The zero-order chi connectivity index (χ0) is 37.9. The number of aliphatic hydroxyl groups is 1. The summed E-state index contributed by atoms with van der Waals surface area (Å²) in [5, 5.41) is 25.4. The molecule has 2 heterocycles. The maximum Gasteiger partial charge on any atom is 0.338 e. The Morgan fingerprint density at radius 3 is 2.31 bits per heavy atom. The summed E-state index contributed by atoms with van der Waals surface area (Å²) in [6.45, 7) is 0.273. The number of nitrogens with zero attached hydrogens (tertiary/aromatic N) is 1. The number of benzene rings is 4. The van der Waals surface area contributed by atoms with Crippen LogP contribution in [0, 0.1) is 0 Å². The van der Waals surface area contributed by atoms with Gasteiger partial charge in [0.25, 0.3) is 0 Å². The first-order valence-corrected chi connectivity index (χ1v) is 18.7. The van der Waals surface area contributed by atoms with Gasteiger partial charge in [0, 0.05) is 43.3 Å². The molecule has 1 aromatic heterocycles. The standard InChI is InChI=1S/C42H42N4O7S/c43-35-10-3-4-11-36(35)46-39(49)13-5-12-38(48)45-24-31-7-1-2-8-33(31)28-18-20-30(21-19-28)42-52-32(26-54-40-34(41(50)51)9-6-22-44-40)23-37(53-42)29-16-14-27(25-47)15-17-29/h1-4,6-11,14-22,32,37,42,47H,5,12-13,23-26,43H2,(H,45,48)(H,46,49)(H,50,51). The van der Waals surface area contributed by atoms with Crippen molar-refractivity contribution in [2.45, 2.75) is 62.4 Å². The molecule has 0 spiro atoms. The van der Waals surface area contributed by atoms with Gasteiger partial charge in [0.2, 0.25) is 11.8 Å². The lowest BCUT2D eigenvalue weighted by Gasteiger charge is -2.36. The molecule has 12 heteroatoms. The van der Waals surface area contributed by atoms with Crippen molar-refractivity contribution in [3.8, 4) is 11.1 Å². The van der Waals surface area contributed by atoms with Crippen molar-refractivity contribution in [3.05, 3.63) is 143 Å². The molecular weight excluding hydrogens is 705 g/mol. The number of aromatic nitrogens is 1. The number of anilines is 2. The van der Waals surface area contributed by atoms with Gasteiger partial charge in [-0.25, -0.2) is 9.78 Å². The molecule has 4 aromatic carbocycles. The number of aliphatic hydroxyl groups excluding tert-OH is 1. The van der Waals surface area contributed by atoms with Crippen LogP contribution in [0.25, 0.3) is 11.1 Å². The van der Waals surface area contributed by atoms with Crippen LogP contribution in [0.4, 0.5) is 11.4 Å². The average molecular weight is 747 g/mol. The Balaban J connectivity index is 1.09. The largest absolute Gasteiger partial charge is 0.478 e. The quantitative estimate of drug-likeness (QED) is 0.0541. The Bertz CT molecular complexity index is 2060. The Kier molecular flexibility index (Phi) is 13.1. The first-order valence-electron chi connectivity index (χ1n) is 17.7. The van der Waals surface area contributed by atoms with E-state index in [4.69, 9.17) is 15.2 Å². The summed E-state index contributed by atoms with van der Waals surface area (Å²) in [4.78, 5) is 41.1. The number of thioether (sulfide) groups is 1. The Hall–Kier alpha value is -5.53. The van der Waals surface area contributed by atoms with Gasteiger partial charge in [-0.15, -0.1) is 11.8 Å². The molecule has 0 saturated carbocycles. The molecule has 2 amide bonds. The van der Waals surface area contributed by atoms with Gasteiger partial charge >= 0.3 is 5.97 Å². The molecule has 0 bridgehead atoms. The van der Waals surface area contributed by atoms with Crippen LogP contribution in [-0.2, 0) is 32.2 Å². The monoisotopic (exact) mass is 746 g/mol. The fourth-order valence-electron chi connectivity index (χ4n) is 6.15. The van der Waals surface area contributed by atoms with Crippen molar-refractivity contribution in [2.24, 2.45) is 0 Å². The van der Waals surface area contributed by atoms with Crippen molar-refractivity contribution in [3.63, 3.8) is 0 Å². The number of nitrogen functional groups attached to an aromatic ring is 1. The predicted molar refractivity (Wildman–Crippen MR) is 207 cm³/mol. The summed E-state index contributed by atoms with van der Waals surface area (Å²) in [6.07, 6.45) is 1.67. The number of hydrogen-bond donors (Lipinski definition) is 5. The minimum Gasteiger partial charge on any atom is -0.478 e. The molecular formula is C42H42N4O7S. The zero-order valence-electron chi connectivity index (χ0n) is 29.5. The molecule has 3 unspecified atom stereocenters. The molecule has 6 N–H and O–H groups in total. The van der Waals surface area contributed by atoms with Crippen molar-refractivity contribution in [2.75, 3.05) is 16.8 Å². The number of carboxylic acid groups (broad SMARTS) is 1. The van der Waals surface area contributed by atoms with E-state index in [1.807, 2.05) is 72.8 Å². The number of hydrogen-bond acceptors (Lipinski definition) is 9. The Labute approximate surface area is 317 Å². The van der Waals surface area contributed by atoms with E-state index in [9.17, 15) is 24.6 Å². The highest BCUT2D eigenvalue weighted by atomic mass is 32.2. The number of carbonyl (C=O) groups excluding carboxylic acids is 2. The number of pyridine rings is 1. The lowest BCUT2D eigenvalue weighted by Crippen LogP contribution is -2.31. The third-order valence-electron chi connectivity index (χ3n) is 9.05. The molecule has 1 aliphatic rings. The number of nitrogens with two attached hydrogens (primary N) is 1. The van der Waals surface area contributed by atoms with Gasteiger partial charge in [-0.2, -0.15) is 0 Å². The first kappa shape index (κ1) is 38.2. The predicted octanol–water partition coefficient (Wildman–Crippen LogP) is 7.28. The maximum absolute atomic E-state index is 12.7. The van der Waals surface area contributed by atoms with E-state index in [1.54, 1.807) is 36.5 Å². The average Bonchev–Trinajstić information content (AvgIpc) is 3.20. The lowest BCUT2D eigenvalue weighted by atomic mass is 9.97. The highest BCUT2D eigenvalue weighted by Gasteiger charge is 2.32. The summed E-state index contributed by atoms with van der Waals surface area (Å²) in [5.41, 5.74) is 12.5. The molecule has 5 aromatic rings. The third kappa shape index (κ3) is 10.1. The molecule has 1 aliphatic heterocycles. The van der Waals surface area contributed by atoms with E-state index < -0.39 is 12.3 Å². The van der Waals surface area contributed by atoms with Crippen LogP contribution in [0.5, 0.6) is 0 Å². The molecule has 1 fully saturated rings. The van der Waals surface area contributed by atoms with Crippen molar-refractivity contribution in [1.29, 1.82) is 0 Å². The number of aromatic carboxylic acids is 1. The van der Waals surface area contributed by atoms with Crippen LogP contribution >= 0.6 is 11.8 Å². The molecule has 1 saturated heterocycles. The number of rotatable bonds is 15. The van der Waals surface area contributed by atoms with E-state index in [1.165, 1.54) is 17.8 Å². The minimum absolute atomic E-state index is 0.0547. The van der Waals surface area contributed by atoms with Crippen LogP contribution in [0.15, 0.2) is 120 Å². The zero-order valence-corrected chi connectivity index (χ0v) is 30.3. The molecule has 11 nitrogen and oxygen atoms in total. The van der Waals surface area contributed by atoms with Crippen LogP contribution in [-0.4, -0.2) is 44.8 Å². The SMILES string of the molecule is Nc1ccccc1NC(=O)CCCC(=O)NCc1ccccc1-c1ccc(C2OC(CSc3ncccc3C(=O)O)CC(c3ccc(CO)cc3)O2)cc1. The van der Waals surface area contributed by atoms with E-state index in [-0.39, 0.29) is 49.0 Å². The molecule has 54 heavy (non-hydrogen) atoms. The van der Waals surface area contributed by atoms with E-state index in [0.717, 1.165) is 33.4 Å². The highest BCUT2D eigenvalue weighted by molar-refractivity contribution is 7.99. The van der Waals surface area contributed by atoms with Gasteiger partial charge in [-0.3, -0.25) is 9.59 Å². The second-order valence-corrected chi connectivity index (χ2v) is 13.9. The number of carbonyl (C=O) groups is 3. The topological polar surface area (TPSA) is 173 Å². The normalized spacial score (nSPS) is 16.7. The molecule has 278 valence electrons. The smallest absolute Gasteiger partial charge is 0.338 e. The summed E-state index contributed by atoms with van der Waals surface area (Å²) in [5.74, 6) is -0.905. The second kappa shape index (κ2) is 18.5. The van der Waals surface area contributed by atoms with E-state index in [0.29, 0.717) is 41.5 Å². The van der Waals surface area contributed by atoms with E-state index in [2.05, 4.69) is 15.6 Å². The Morgan fingerprint density at radius 2 is 1.56 bits per heavy atom. The van der Waals surface area contributed by atoms with Crippen molar-refractivity contribution >= 4 is 40.9 Å². The molecule has 3 atom stereocenters. The molecule has 0 aliphatic carbocycles. The van der Waals surface area contributed by atoms with Crippen LogP contribution in [0.1, 0.15) is 70.7 Å². The number of amides is 2. The summed E-state index contributed by atoms with van der Waals surface area (Å²) in [6, 6.07) is 33.6. The maximum atomic E-state index is 12.7. The number of para-hydroxylation sites is 2. The third-order valence-corrected chi connectivity index (χ3v) is 10.2. The van der Waals surface area contributed by atoms with Gasteiger partial charge in [-0.1, -0.05) is 84.9 Å². The summed E-state index contributed by atoms with van der Waals surface area (Å²) < 4.78 is 13.0. The van der Waals surface area contributed by atoms with Gasteiger partial charge in [-0.05, 0) is 58.5 Å². The van der Waals surface area contributed by atoms with Gasteiger partial charge in [0.15, 0.2) is 6.29 Å². The fourth-order valence-corrected chi connectivity index (χ4v) is 7.16. The van der Waals surface area contributed by atoms with Gasteiger partial charge in [0.05, 0.1) is 35.8 Å². The van der Waals surface area contributed by atoms with E-state index >= 15 is 0 Å². The molecule has 6 rings (SSSR count). The molecule has 0 radical (unpaired) electrons. The first-order chi connectivity index (χ1) is 26.3. The van der Waals surface area contributed by atoms with Gasteiger partial charge in [0.1, 0.15) is 5.03 Å². The number of ether oxygens (including phenoxy) is 2.